The van der Waals surface area contributed by atoms with Gasteiger partial charge in [0.25, 0.3) is 11.8 Å². The molecule has 2 amide bonds. The molecule has 2 atom stereocenters. The van der Waals surface area contributed by atoms with Gasteiger partial charge in [0.15, 0.2) is 0 Å². The van der Waals surface area contributed by atoms with Crippen LogP contribution in [0.5, 0.6) is 0 Å². The van der Waals surface area contributed by atoms with Crippen LogP contribution in [-0.4, -0.2) is 56.2 Å². The number of nitriles is 1. The summed E-state index contributed by atoms with van der Waals surface area (Å²) in [5.41, 5.74) is 6.24. The minimum absolute atomic E-state index is 0. The van der Waals surface area contributed by atoms with Crippen molar-refractivity contribution in [1.29, 1.82) is 5.26 Å². The minimum Gasteiger partial charge on any atom is -1.00 e. The van der Waals surface area contributed by atoms with Gasteiger partial charge in [0, 0.05) is 36.2 Å². The molecule has 4 aromatic rings. The number of carbonyl (C=O) groups excluding carboxylic acids is 2. The van der Waals surface area contributed by atoms with E-state index in [2.05, 4.69) is 26.3 Å². The van der Waals surface area contributed by atoms with Crippen LogP contribution >= 0.6 is 0 Å². The first-order valence-electron chi connectivity index (χ1n) is 15.0. The molecular formula is C35H37ClN6O4. The summed E-state index contributed by atoms with van der Waals surface area (Å²) < 4.78 is 11.4. The van der Waals surface area contributed by atoms with Crippen molar-refractivity contribution in [2.75, 3.05) is 50.0 Å². The maximum atomic E-state index is 12.2. The normalized spacial score (nSPS) is 17.2. The molecular weight excluding hydrogens is 604 g/mol. The quantitative estimate of drug-likeness (QED) is 0.244. The molecule has 0 bridgehead atoms. The number of hydrogen-bond acceptors (Lipinski definition) is 7. The lowest BCUT2D eigenvalue weighted by molar-refractivity contribution is -0.678. The van der Waals surface area contributed by atoms with E-state index in [0.717, 1.165) is 61.8 Å². The van der Waals surface area contributed by atoms with Crippen molar-refractivity contribution >= 4 is 23.2 Å². The van der Waals surface area contributed by atoms with Crippen LogP contribution in [0.15, 0.2) is 91.1 Å². The highest BCUT2D eigenvalue weighted by Crippen LogP contribution is 2.22. The van der Waals surface area contributed by atoms with Crippen LogP contribution in [0.2, 0.25) is 0 Å². The maximum absolute atomic E-state index is 12.2. The molecule has 0 radical (unpaired) electrons. The van der Waals surface area contributed by atoms with E-state index < -0.39 is 0 Å². The first kappa shape index (κ1) is 34.2. The Balaban J connectivity index is 0.000000205. The fraction of sp³-hybridized carbons (Fsp3) is 0.257. The molecule has 2 saturated heterocycles. The van der Waals surface area contributed by atoms with Crippen molar-refractivity contribution in [1.82, 2.24) is 10.3 Å². The third-order valence-electron chi connectivity index (χ3n) is 7.48. The molecule has 5 N–H and O–H groups in total. The van der Waals surface area contributed by atoms with Crippen molar-refractivity contribution in [3.63, 3.8) is 0 Å². The molecule has 46 heavy (non-hydrogen) atoms. The molecule has 6 rings (SSSR count). The number of nitrogens with two attached hydrogens (primary N) is 1. The number of ether oxygens (including phenoxy) is 2. The Bertz CT molecular complexity index is 1600. The molecule has 238 valence electrons. The molecule has 0 aliphatic carbocycles. The number of anilines is 2. The number of pyridine rings is 1. The summed E-state index contributed by atoms with van der Waals surface area (Å²) in [7, 11) is 0. The fourth-order valence-corrected chi connectivity index (χ4v) is 4.91. The van der Waals surface area contributed by atoms with Crippen LogP contribution in [0.1, 0.15) is 55.3 Å². The van der Waals surface area contributed by atoms with Gasteiger partial charge < -0.3 is 43.1 Å². The molecule has 2 fully saturated rings. The Morgan fingerprint density at radius 1 is 0.826 bits per heavy atom. The number of morpholine rings is 2. The second-order valence-electron chi connectivity index (χ2n) is 10.8. The number of nitrogens with zero attached hydrogens (tertiary/aromatic N) is 2. The average molecular weight is 641 g/mol. The largest absolute Gasteiger partial charge is 1.00 e. The molecule has 1 unspecified atom stereocenters. The highest BCUT2D eigenvalue weighted by Gasteiger charge is 2.18. The van der Waals surface area contributed by atoms with Crippen molar-refractivity contribution in [3.8, 4) is 6.07 Å². The monoisotopic (exact) mass is 640 g/mol. The summed E-state index contributed by atoms with van der Waals surface area (Å²) in [6.07, 6.45) is 1.60. The third-order valence-corrected chi connectivity index (χ3v) is 7.48. The molecule has 0 spiro atoms. The molecule has 11 heteroatoms. The standard InChI is InChI=1S/C18H20N2O2.C17H16N4O2.ClH/c1-13-2-4-15(5-3-13)18(21)20-16-8-6-14(7-9-16)17-12-19-10-11-22-17;18-9-15-6-3-13(10-20-15)17(22)21-14-4-1-12(2-5-14)16-11-19-7-8-23-16;/h2-9,17,19H,10-12H2,1H3,(H,20,21);1-6,10,16,19H,7-8,11H2,(H,21,22);1H/t17-;;/m0../s1. The van der Waals surface area contributed by atoms with Crippen LogP contribution < -0.4 is 33.7 Å². The second kappa shape index (κ2) is 17.2. The number of aromatic nitrogens is 1. The van der Waals surface area contributed by atoms with E-state index in [1.54, 1.807) is 6.07 Å². The van der Waals surface area contributed by atoms with Crippen LogP contribution in [-0.2, 0) is 9.47 Å². The number of aryl methyl sites for hydroxylation is 1. The predicted molar refractivity (Wildman–Crippen MR) is 171 cm³/mol. The van der Waals surface area contributed by atoms with Crippen molar-refractivity contribution in [2.45, 2.75) is 19.1 Å². The SMILES string of the molecule is Cc1ccc(C(=O)Nc2ccc([C@@H]3CNCCO3)cc2)cc1.N#Cc1ccc(C(=O)Nc2ccc(C3C[NH2+]CCO3)cc2)cn1.[Cl-]. The van der Waals surface area contributed by atoms with Gasteiger partial charge in [0.05, 0.1) is 31.4 Å². The van der Waals surface area contributed by atoms with Gasteiger partial charge in [-0.25, -0.2) is 4.98 Å². The summed E-state index contributed by atoms with van der Waals surface area (Å²) >= 11 is 0. The van der Waals surface area contributed by atoms with Gasteiger partial charge in [-0.1, -0.05) is 42.0 Å². The van der Waals surface area contributed by atoms with Crippen molar-refractivity contribution in [2.24, 2.45) is 0 Å². The van der Waals surface area contributed by atoms with E-state index in [-0.39, 0.29) is 42.1 Å². The van der Waals surface area contributed by atoms with E-state index in [0.29, 0.717) is 16.8 Å². The number of carbonyl (C=O) groups is 2. The van der Waals surface area contributed by atoms with E-state index in [1.165, 1.54) is 12.3 Å². The first-order valence-corrected chi connectivity index (χ1v) is 15.0. The number of amides is 2. The average Bonchev–Trinajstić information content (AvgIpc) is 3.10. The molecule has 1 aromatic heterocycles. The van der Waals surface area contributed by atoms with Gasteiger partial charge in [0.2, 0.25) is 0 Å². The van der Waals surface area contributed by atoms with E-state index >= 15 is 0 Å². The maximum Gasteiger partial charge on any atom is 0.257 e. The smallest absolute Gasteiger partial charge is 0.257 e. The Hall–Kier alpha value is -4.63. The van der Waals surface area contributed by atoms with Gasteiger partial charge >= 0.3 is 0 Å². The molecule has 10 nitrogen and oxygen atoms in total. The highest BCUT2D eigenvalue weighted by molar-refractivity contribution is 6.04. The number of halogens is 1. The van der Waals surface area contributed by atoms with Crippen molar-refractivity contribution < 1.29 is 36.8 Å². The molecule has 3 heterocycles. The minimum atomic E-state index is -0.253. The highest BCUT2D eigenvalue weighted by atomic mass is 35.5. The summed E-state index contributed by atoms with van der Waals surface area (Å²) in [5.74, 6) is -0.347. The third kappa shape index (κ3) is 9.68. The topological polar surface area (TPSA) is 142 Å². The second-order valence-corrected chi connectivity index (χ2v) is 10.8. The summed E-state index contributed by atoms with van der Waals surface area (Å²) in [4.78, 5) is 28.2. The summed E-state index contributed by atoms with van der Waals surface area (Å²) in [6.45, 7) is 7.15. The zero-order valence-electron chi connectivity index (χ0n) is 25.5. The van der Waals surface area contributed by atoms with Gasteiger partial charge in [-0.3, -0.25) is 9.59 Å². The van der Waals surface area contributed by atoms with Gasteiger partial charge in [0.1, 0.15) is 24.4 Å². The van der Waals surface area contributed by atoms with Crippen molar-refractivity contribution in [3.05, 3.63) is 125 Å². The summed E-state index contributed by atoms with van der Waals surface area (Å²) in [6, 6.07) is 28.1. The molecule has 2 aliphatic heterocycles. The Kier molecular flexibility index (Phi) is 12.8. The zero-order chi connectivity index (χ0) is 31.4. The van der Waals surface area contributed by atoms with E-state index in [9.17, 15) is 9.59 Å². The van der Waals surface area contributed by atoms with E-state index in [4.69, 9.17) is 14.7 Å². The molecule has 2 aliphatic rings. The van der Waals surface area contributed by atoms with Crippen LogP contribution in [0.4, 0.5) is 11.4 Å². The Morgan fingerprint density at radius 3 is 1.93 bits per heavy atom. The lowest BCUT2D eigenvalue weighted by Gasteiger charge is -2.24. The van der Waals surface area contributed by atoms with Crippen LogP contribution in [0, 0.1) is 18.3 Å². The van der Waals surface area contributed by atoms with Gasteiger partial charge in [-0.05, 0) is 66.6 Å². The van der Waals surface area contributed by atoms with Gasteiger partial charge in [-0.15, -0.1) is 0 Å². The van der Waals surface area contributed by atoms with Gasteiger partial charge in [-0.2, -0.15) is 5.26 Å². The number of rotatable bonds is 6. The lowest BCUT2D eigenvalue weighted by Crippen LogP contribution is -3.00. The molecule has 0 saturated carbocycles. The number of hydrogen-bond donors (Lipinski definition) is 4. The van der Waals surface area contributed by atoms with Crippen LogP contribution in [0.25, 0.3) is 0 Å². The fourth-order valence-electron chi connectivity index (χ4n) is 4.91. The number of quaternary nitrogens is 1. The Labute approximate surface area is 274 Å². The number of benzene rings is 3. The van der Waals surface area contributed by atoms with Crippen LogP contribution in [0.3, 0.4) is 0 Å². The lowest BCUT2D eigenvalue weighted by atomic mass is 10.1. The first-order chi connectivity index (χ1) is 22.0. The summed E-state index contributed by atoms with van der Waals surface area (Å²) in [5, 5.41) is 20.0. The predicted octanol–water partition coefficient (Wildman–Crippen LogP) is 0.753. The Morgan fingerprint density at radius 2 is 1.41 bits per heavy atom. The number of nitrogens with one attached hydrogen (secondary N) is 3. The van der Waals surface area contributed by atoms with E-state index in [1.807, 2.05) is 85.8 Å². The zero-order valence-corrected chi connectivity index (χ0v) is 26.3. The molecule has 3 aromatic carbocycles.